The average Bonchev–Trinajstić information content (AvgIpc) is 0. The average molecular weight is 683 g/mol. The summed E-state index contributed by atoms with van der Waals surface area (Å²) < 4.78 is 0. The van der Waals surface area contributed by atoms with Gasteiger partial charge in [-0.1, -0.05) is 0 Å². The molecule has 0 bridgehead atoms. The summed E-state index contributed by atoms with van der Waals surface area (Å²) in [5, 5.41) is 0. The molecule has 0 N–H and O–H groups in total. The van der Waals surface area contributed by atoms with E-state index in [0.29, 0.717) is 0 Å². The Bertz CT molecular complexity index is 17.2. The minimum absolute atomic E-state index is 0. The van der Waals surface area contributed by atoms with Gasteiger partial charge >= 0.3 is 65.0 Å². The maximum absolute atomic E-state index is 0. The van der Waals surface area contributed by atoms with E-state index < -0.39 is 0 Å². The molecule has 0 saturated heterocycles. The fraction of sp³-hybridized carbons (Fsp3) is 0. The standard InChI is InChI=1S/Ca.3HI.Pb.Ti.4H/h;3*1H;;;;;;/q+2;;;;;;;;2*-1. The van der Waals surface area contributed by atoms with Gasteiger partial charge in [-0.3, -0.25) is 0 Å². The van der Waals surface area contributed by atoms with Crippen LogP contribution in [0, 0.1) is 0 Å². The SMILES string of the molecule is I.I.I.[Ca+2].[H-].[H-].[PbH2].[Ti]. The van der Waals surface area contributed by atoms with E-state index in [-0.39, 0.29) is 162 Å². The second kappa shape index (κ2) is 32.2. The van der Waals surface area contributed by atoms with Crippen molar-refractivity contribution in [1.29, 1.82) is 0 Å². The maximum atomic E-state index is 0. The van der Waals surface area contributed by atoms with Crippen molar-refractivity contribution in [2.24, 2.45) is 0 Å². The normalized spacial score (nSPS) is 0. The second-order valence-electron chi connectivity index (χ2n) is 0. The van der Waals surface area contributed by atoms with Crippen LogP contribution in [0.2, 0.25) is 0 Å². The zero-order valence-corrected chi connectivity index (χ0v) is 19.4. The third-order valence-electron chi connectivity index (χ3n) is 0. The Balaban J connectivity index is 0. The van der Waals surface area contributed by atoms with Gasteiger partial charge in [0.2, 0.25) is 0 Å². The fourth-order valence-electron chi connectivity index (χ4n) is 0. The van der Waals surface area contributed by atoms with Crippen molar-refractivity contribution in [1.82, 2.24) is 0 Å². The molecule has 2 radical (unpaired) electrons. The summed E-state index contributed by atoms with van der Waals surface area (Å²) in [6.07, 6.45) is 0. The predicted octanol–water partition coefficient (Wildman–Crippen LogP) is 0.779. The Labute approximate surface area is 157 Å². The molecule has 0 amide bonds. The maximum Gasteiger partial charge on any atom is 0 e. The minimum atomic E-state index is 0. The zero-order chi connectivity index (χ0) is 0. The van der Waals surface area contributed by atoms with Crippen LogP contribution in [0.15, 0.2) is 0 Å². The van der Waals surface area contributed by atoms with E-state index in [4.69, 9.17) is 0 Å². The molecule has 0 fully saturated rings. The third-order valence-corrected chi connectivity index (χ3v) is 0. The molecule has 0 aliphatic rings. The molecule has 0 saturated carbocycles. The molecule has 0 aromatic carbocycles. The van der Waals surface area contributed by atoms with Gasteiger partial charge in [0.25, 0.3) is 0 Å². The first-order valence-electron chi connectivity index (χ1n) is 0. The van der Waals surface area contributed by atoms with Crippen molar-refractivity contribution >= 4 is 137 Å². The Morgan fingerprint density at radius 2 is 0.833 bits per heavy atom. The van der Waals surface area contributed by atoms with Crippen LogP contribution in [-0.4, -0.2) is 65.0 Å². The van der Waals surface area contributed by atoms with E-state index in [1.165, 1.54) is 0 Å². The van der Waals surface area contributed by atoms with Gasteiger partial charge in [0.1, 0.15) is 0 Å². The van der Waals surface area contributed by atoms with Crippen LogP contribution in [0.1, 0.15) is 2.85 Å². The minimum Gasteiger partial charge on any atom is 0 e. The molecule has 0 rings (SSSR count). The molecule has 38 valence electrons. The van der Waals surface area contributed by atoms with Gasteiger partial charge in [0.05, 0.1) is 0 Å². The molecule has 0 aromatic heterocycles. The van der Waals surface area contributed by atoms with Crippen LogP contribution in [0.4, 0.5) is 0 Å². The fourth-order valence-corrected chi connectivity index (χ4v) is 0. The van der Waals surface area contributed by atoms with Crippen LogP contribution in [0.3, 0.4) is 0 Å². The quantitative estimate of drug-likeness (QED) is 0.262. The van der Waals surface area contributed by atoms with Crippen LogP contribution in [0.5, 0.6) is 0 Å². The Morgan fingerprint density at radius 3 is 0.833 bits per heavy atom. The molecule has 0 nitrogen and oxygen atoms in total. The van der Waals surface area contributed by atoms with E-state index in [1.807, 2.05) is 0 Å². The van der Waals surface area contributed by atoms with Crippen molar-refractivity contribution in [3.8, 4) is 0 Å². The first kappa shape index (κ1) is 43.6. The molecule has 0 aromatic rings. The van der Waals surface area contributed by atoms with E-state index in [1.54, 1.807) is 0 Å². The largest absolute Gasteiger partial charge is 0 e. The Kier molecular flexibility index (Phi) is 234. The van der Waals surface area contributed by atoms with Crippen LogP contribution >= 0.6 is 71.9 Å². The van der Waals surface area contributed by atoms with Crippen molar-refractivity contribution in [2.75, 3.05) is 0 Å². The molecular formula is H7CaI3PbTi. The molecule has 0 spiro atoms. The Hall–Kier alpha value is 5.09. The molecule has 0 atom stereocenters. The summed E-state index contributed by atoms with van der Waals surface area (Å²) in [5.74, 6) is 0. The summed E-state index contributed by atoms with van der Waals surface area (Å²) in [5.41, 5.74) is 0. The van der Waals surface area contributed by atoms with E-state index >= 15 is 0 Å². The summed E-state index contributed by atoms with van der Waals surface area (Å²) >= 11 is 0. The smallest absolute Gasteiger partial charge is 0 e. The van der Waals surface area contributed by atoms with Gasteiger partial charge in [0, 0.05) is 21.7 Å². The predicted molar refractivity (Wildman–Crippen MR) is 62.8 cm³/mol. The molecule has 0 unspecified atom stereocenters. The van der Waals surface area contributed by atoms with E-state index in [0.717, 1.165) is 0 Å². The van der Waals surface area contributed by atoms with Crippen molar-refractivity contribution in [2.45, 2.75) is 0 Å². The zero-order valence-electron chi connectivity index (χ0n) is 5.14. The van der Waals surface area contributed by atoms with Crippen LogP contribution < -0.4 is 0 Å². The number of hydrogen-bond donors (Lipinski definition) is 0. The number of rotatable bonds is 0. The first-order chi connectivity index (χ1) is 0. The molecule has 0 aliphatic carbocycles. The van der Waals surface area contributed by atoms with Crippen molar-refractivity contribution in [3.63, 3.8) is 0 Å². The molecule has 0 heterocycles. The summed E-state index contributed by atoms with van der Waals surface area (Å²) in [7, 11) is 0. The van der Waals surface area contributed by atoms with Crippen molar-refractivity contribution < 1.29 is 24.6 Å². The van der Waals surface area contributed by atoms with Crippen LogP contribution in [0.25, 0.3) is 0 Å². The molecule has 0 aliphatic heterocycles. The third kappa shape index (κ3) is 23.0. The number of halogens is 3. The summed E-state index contributed by atoms with van der Waals surface area (Å²) in [6, 6.07) is 0. The van der Waals surface area contributed by atoms with Gasteiger partial charge < -0.3 is 2.85 Å². The van der Waals surface area contributed by atoms with Gasteiger partial charge in [-0.15, -0.1) is 71.9 Å². The number of hydrogen-bond acceptors (Lipinski definition) is 0. The molecule has 6 heavy (non-hydrogen) atoms. The van der Waals surface area contributed by atoms with Gasteiger partial charge in [-0.2, -0.15) is 0 Å². The van der Waals surface area contributed by atoms with Gasteiger partial charge in [-0.05, 0) is 0 Å². The van der Waals surface area contributed by atoms with Crippen molar-refractivity contribution in [3.05, 3.63) is 0 Å². The summed E-state index contributed by atoms with van der Waals surface area (Å²) in [4.78, 5) is 0. The van der Waals surface area contributed by atoms with E-state index in [9.17, 15) is 0 Å². The monoisotopic (exact) mass is 684 g/mol. The van der Waals surface area contributed by atoms with Gasteiger partial charge in [0.15, 0.2) is 0 Å². The first-order valence-corrected chi connectivity index (χ1v) is 0. The summed E-state index contributed by atoms with van der Waals surface area (Å²) in [6.45, 7) is 0. The Morgan fingerprint density at radius 1 is 0.833 bits per heavy atom. The second-order valence-corrected chi connectivity index (χ2v) is 0. The topological polar surface area (TPSA) is 0 Å². The van der Waals surface area contributed by atoms with E-state index in [2.05, 4.69) is 0 Å². The molecular weight excluding hydrogens is 676 g/mol. The van der Waals surface area contributed by atoms with Gasteiger partial charge in [-0.25, -0.2) is 0 Å². The van der Waals surface area contributed by atoms with Crippen LogP contribution in [-0.2, 0) is 21.7 Å². The molecule has 6 heteroatoms.